The first-order valence-corrected chi connectivity index (χ1v) is 13.1. The highest BCUT2D eigenvalue weighted by Crippen LogP contribution is 2.35. The number of amides is 2. The van der Waals surface area contributed by atoms with Crippen LogP contribution in [0.3, 0.4) is 0 Å². The molecule has 0 aromatic heterocycles. The minimum absolute atomic E-state index is 0.0135. The van der Waals surface area contributed by atoms with Gasteiger partial charge in [0.25, 0.3) is 0 Å². The molecule has 0 radical (unpaired) electrons. The number of sulfone groups is 1. The summed E-state index contributed by atoms with van der Waals surface area (Å²) in [5.41, 5.74) is 0. The number of piperidine rings is 1. The lowest BCUT2D eigenvalue weighted by molar-refractivity contribution is -0.145. The lowest BCUT2D eigenvalue weighted by Gasteiger charge is -2.44. The molecule has 8 heteroatoms. The van der Waals surface area contributed by atoms with Crippen molar-refractivity contribution in [3.63, 3.8) is 0 Å². The average Bonchev–Trinajstić information content (AvgIpc) is 3.65. The molecule has 0 bridgehead atoms. The summed E-state index contributed by atoms with van der Waals surface area (Å²) in [6.45, 7) is 2.47. The largest absolute Gasteiger partial charge is 0.381 e. The summed E-state index contributed by atoms with van der Waals surface area (Å²) in [4.78, 5) is 30.1. The van der Waals surface area contributed by atoms with Crippen molar-refractivity contribution in [1.82, 2.24) is 9.80 Å². The zero-order chi connectivity index (χ0) is 21.8. The van der Waals surface area contributed by atoms with Gasteiger partial charge < -0.3 is 14.5 Å². The fourth-order valence-electron chi connectivity index (χ4n) is 4.70. The highest BCUT2D eigenvalue weighted by molar-refractivity contribution is 7.91. The van der Waals surface area contributed by atoms with Crippen LogP contribution in [0.1, 0.15) is 44.9 Å². The van der Waals surface area contributed by atoms with Gasteiger partial charge in [-0.15, -0.1) is 0 Å². The molecule has 1 aliphatic carbocycles. The van der Waals surface area contributed by atoms with E-state index in [1.807, 2.05) is 0 Å². The molecular weight excluding hydrogens is 416 g/mol. The molecule has 2 aliphatic heterocycles. The van der Waals surface area contributed by atoms with E-state index in [2.05, 4.69) is 4.90 Å². The number of carbonyl (C=O) groups excluding carboxylic acids is 2. The quantitative estimate of drug-likeness (QED) is 0.639. The predicted octanol–water partition coefficient (Wildman–Crippen LogP) is 2.26. The highest BCUT2D eigenvalue weighted by Gasteiger charge is 2.41. The van der Waals surface area contributed by atoms with Crippen molar-refractivity contribution >= 4 is 21.7 Å². The molecule has 1 atom stereocenters. The van der Waals surface area contributed by atoms with E-state index < -0.39 is 9.84 Å². The molecule has 7 nitrogen and oxygen atoms in total. The second-order valence-corrected chi connectivity index (χ2v) is 11.0. The van der Waals surface area contributed by atoms with Crippen LogP contribution in [-0.4, -0.2) is 74.2 Å². The van der Waals surface area contributed by atoms with E-state index in [4.69, 9.17) is 4.74 Å². The Bertz CT molecular complexity index is 878. The van der Waals surface area contributed by atoms with E-state index in [1.165, 1.54) is 0 Å². The first-order chi connectivity index (χ1) is 15.0. The molecule has 1 saturated carbocycles. The van der Waals surface area contributed by atoms with Gasteiger partial charge in [-0.25, -0.2) is 8.42 Å². The molecule has 2 saturated heterocycles. The van der Waals surface area contributed by atoms with Crippen molar-refractivity contribution in [2.24, 2.45) is 5.92 Å². The predicted molar refractivity (Wildman–Crippen MR) is 116 cm³/mol. The lowest BCUT2D eigenvalue weighted by atomic mass is 9.97. The third-order valence-electron chi connectivity index (χ3n) is 6.59. The number of likely N-dealkylation sites (tertiary alicyclic amines) is 1. The van der Waals surface area contributed by atoms with Crippen molar-refractivity contribution in [2.45, 2.75) is 61.9 Å². The molecule has 31 heavy (non-hydrogen) atoms. The number of hydrogen-bond donors (Lipinski definition) is 0. The van der Waals surface area contributed by atoms with Gasteiger partial charge in [0, 0.05) is 50.7 Å². The third kappa shape index (κ3) is 5.47. The first-order valence-electron chi connectivity index (χ1n) is 11.4. The van der Waals surface area contributed by atoms with Crippen molar-refractivity contribution in [1.29, 1.82) is 0 Å². The maximum absolute atomic E-state index is 13.1. The van der Waals surface area contributed by atoms with Crippen molar-refractivity contribution in [2.75, 3.05) is 32.1 Å². The van der Waals surface area contributed by atoms with E-state index in [0.717, 1.165) is 38.5 Å². The van der Waals surface area contributed by atoms with Crippen molar-refractivity contribution in [3.05, 3.63) is 30.3 Å². The van der Waals surface area contributed by atoms with Crippen LogP contribution in [-0.2, 0) is 24.2 Å². The van der Waals surface area contributed by atoms with Gasteiger partial charge in [0.1, 0.15) is 0 Å². The summed E-state index contributed by atoms with van der Waals surface area (Å²) < 4.78 is 30.6. The monoisotopic (exact) mass is 448 g/mol. The normalized spacial score (nSPS) is 22.8. The molecule has 1 aromatic rings. The van der Waals surface area contributed by atoms with Gasteiger partial charge in [-0.2, -0.15) is 0 Å². The zero-order valence-electron chi connectivity index (χ0n) is 17.9. The van der Waals surface area contributed by atoms with Crippen LogP contribution in [0.25, 0.3) is 0 Å². The molecule has 3 aliphatic rings. The van der Waals surface area contributed by atoms with Gasteiger partial charge in [-0.1, -0.05) is 18.2 Å². The first kappa shape index (κ1) is 22.3. The Morgan fingerprint density at radius 2 is 1.71 bits per heavy atom. The van der Waals surface area contributed by atoms with Crippen LogP contribution in [0.2, 0.25) is 0 Å². The average molecular weight is 449 g/mol. The summed E-state index contributed by atoms with van der Waals surface area (Å²) in [6.07, 6.45) is 5.31. The highest BCUT2D eigenvalue weighted by atomic mass is 32.2. The zero-order valence-corrected chi connectivity index (χ0v) is 18.8. The van der Waals surface area contributed by atoms with E-state index >= 15 is 0 Å². The second kappa shape index (κ2) is 9.69. The van der Waals surface area contributed by atoms with E-state index in [9.17, 15) is 18.0 Å². The summed E-state index contributed by atoms with van der Waals surface area (Å²) in [5, 5.41) is 0. The number of benzene rings is 1. The molecule has 2 amide bonds. The smallest absolute Gasteiger partial charge is 0.226 e. The van der Waals surface area contributed by atoms with Gasteiger partial charge in [0.05, 0.1) is 10.6 Å². The van der Waals surface area contributed by atoms with Crippen LogP contribution in [0.15, 0.2) is 35.2 Å². The van der Waals surface area contributed by atoms with Gasteiger partial charge in [-0.3, -0.25) is 9.59 Å². The third-order valence-corrected chi connectivity index (χ3v) is 8.33. The topological polar surface area (TPSA) is 84.0 Å². The SMILES string of the molecule is O=C(CCS(=O)(=O)c1ccccc1)N1CCCC(N(C(=O)C2CC2)C2CCOCC2)C1. The number of hydrogen-bond acceptors (Lipinski definition) is 5. The van der Waals surface area contributed by atoms with Gasteiger partial charge in [-0.05, 0) is 50.7 Å². The summed E-state index contributed by atoms with van der Waals surface area (Å²) >= 11 is 0. The fraction of sp³-hybridized carbons (Fsp3) is 0.652. The Morgan fingerprint density at radius 3 is 2.39 bits per heavy atom. The number of carbonyl (C=O) groups is 2. The van der Waals surface area contributed by atoms with Gasteiger partial charge in [0.15, 0.2) is 9.84 Å². The van der Waals surface area contributed by atoms with Crippen LogP contribution in [0.5, 0.6) is 0 Å². The summed E-state index contributed by atoms with van der Waals surface area (Å²) in [6, 6.07) is 8.46. The molecule has 1 unspecified atom stereocenters. The Labute approximate surface area is 184 Å². The van der Waals surface area contributed by atoms with Crippen LogP contribution >= 0.6 is 0 Å². The molecule has 1 aromatic carbocycles. The summed E-state index contributed by atoms with van der Waals surface area (Å²) in [7, 11) is -3.48. The van der Waals surface area contributed by atoms with Crippen molar-refractivity contribution < 1.29 is 22.7 Å². The molecule has 170 valence electrons. The molecule has 0 spiro atoms. The molecule has 2 heterocycles. The maximum atomic E-state index is 13.1. The number of ether oxygens (including phenoxy) is 1. The molecule has 3 fully saturated rings. The minimum atomic E-state index is -3.48. The van der Waals surface area contributed by atoms with E-state index in [1.54, 1.807) is 35.2 Å². The molecule has 0 N–H and O–H groups in total. The summed E-state index contributed by atoms with van der Waals surface area (Å²) in [5.74, 6) is 0.0413. The standard InChI is InChI=1S/C23H32N2O5S/c26-22(12-16-31(28,29)21-6-2-1-3-7-21)24-13-4-5-20(17-24)25(23(27)18-8-9-18)19-10-14-30-15-11-19/h1-3,6-7,18-20H,4-5,8-17H2. The van der Waals surface area contributed by atoms with Crippen LogP contribution in [0.4, 0.5) is 0 Å². The Kier molecular flexibility index (Phi) is 6.96. The van der Waals surface area contributed by atoms with Crippen LogP contribution < -0.4 is 0 Å². The number of nitrogens with zero attached hydrogens (tertiary/aromatic N) is 2. The van der Waals surface area contributed by atoms with Gasteiger partial charge in [0.2, 0.25) is 11.8 Å². The van der Waals surface area contributed by atoms with E-state index in [-0.39, 0.29) is 46.9 Å². The Hall–Kier alpha value is -1.93. The number of rotatable bonds is 7. The fourth-order valence-corrected chi connectivity index (χ4v) is 5.95. The lowest BCUT2D eigenvalue weighted by Crippen LogP contribution is -2.56. The second-order valence-electron chi connectivity index (χ2n) is 8.88. The van der Waals surface area contributed by atoms with E-state index in [0.29, 0.717) is 26.3 Å². The maximum Gasteiger partial charge on any atom is 0.226 e. The Balaban J connectivity index is 1.39. The van der Waals surface area contributed by atoms with Gasteiger partial charge >= 0.3 is 0 Å². The molecular formula is C23H32N2O5S. The molecule has 4 rings (SSSR count). The Morgan fingerprint density at radius 1 is 1.00 bits per heavy atom. The minimum Gasteiger partial charge on any atom is -0.381 e. The van der Waals surface area contributed by atoms with Crippen molar-refractivity contribution in [3.8, 4) is 0 Å². The van der Waals surface area contributed by atoms with Crippen LogP contribution in [0, 0.1) is 5.92 Å².